The van der Waals surface area contributed by atoms with Gasteiger partial charge >= 0.3 is 0 Å². The van der Waals surface area contributed by atoms with Gasteiger partial charge in [-0.3, -0.25) is 4.79 Å². The molecule has 0 saturated carbocycles. The quantitative estimate of drug-likeness (QED) is 0.892. The van der Waals surface area contributed by atoms with Gasteiger partial charge in [0.2, 0.25) is 0 Å². The van der Waals surface area contributed by atoms with E-state index in [-0.39, 0.29) is 12.0 Å². The van der Waals surface area contributed by atoms with Crippen molar-refractivity contribution in [3.8, 4) is 6.07 Å². The lowest BCUT2D eigenvalue weighted by atomic mass is 10.2. The van der Waals surface area contributed by atoms with Crippen molar-refractivity contribution in [2.24, 2.45) is 0 Å². The van der Waals surface area contributed by atoms with Gasteiger partial charge in [-0.15, -0.1) is 0 Å². The van der Waals surface area contributed by atoms with Crippen molar-refractivity contribution in [2.45, 2.75) is 32.0 Å². The number of carbonyl (C=O) groups is 1. The average Bonchev–Trinajstić information content (AvgIpc) is 2.98. The maximum atomic E-state index is 12.0. The summed E-state index contributed by atoms with van der Waals surface area (Å²) >= 11 is 0. The van der Waals surface area contributed by atoms with Gasteiger partial charge in [-0.1, -0.05) is 6.07 Å². The summed E-state index contributed by atoms with van der Waals surface area (Å²) in [7, 11) is 0. The summed E-state index contributed by atoms with van der Waals surface area (Å²) in [6.45, 7) is 2.92. The van der Waals surface area contributed by atoms with E-state index in [1.807, 2.05) is 6.07 Å². The molecule has 0 bridgehead atoms. The highest BCUT2D eigenvalue weighted by atomic mass is 16.5. The molecule has 0 aliphatic carbocycles. The number of hydrogen-bond donors (Lipinski definition) is 1. The Bertz CT molecular complexity index is 504. The maximum Gasteiger partial charge on any atom is 0.253 e. The Labute approximate surface area is 118 Å². The van der Waals surface area contributed by atoms with Crippen molar-refractivity contribution >= 4 is 11.6 Å². The minimum Gasteiger partial charge on any atom is -0.376 e. The molecule has 0 radical (unpaired) electrons. The lowest BCUT2D eigenvalue weighted by molar-refractivity contribution is -0.128. The SMILES string of the molecule is CC(OCC1CCCO1)C(=O)Nc1cccc(C#N)c1. The van der Waals surface area contributed by atoms with Crippen LogP contribution in [-0.2, 0) is 14.3 Å². The summed E-state index contributed by atoms with van der Waals surface area (Å²) in [4.78, 5) is 12.0. The van der Waals surface area contributed by atoms with Crippen molar-refractivity contribution < 1.29 is 14.3 Å². The van der Waals surface area contributed by atoms with Crippen LogP contribution in [0.1, 0.15) is 25.3 Å². The first-order valence-corrected chi connectivity index (χ1v) is 6.73. The number of nitrogens with one attached hydrogen (secondary N) is 1. The number of benzene rings is 1. The van der Waals surface area contributed by atoms with Crippen molar-refractivity contribution in [1.82, 2.24) is 0 Å². The van der Waals surface area contributed by atoms with E-state index in [0.717, 1.165) is 19.4 Å². The Morgan fingerprint density at radius 3 is 3.20 bits per heavy atom. The molecule has 20 heavy (non-hydrogen) atoms. The van der Waals surface area contributed by atoms with Crippen LogP contribution in [-0.4, -0.2) is 31.3 Å². The van der Waals surface area contributed by atoms with Crippen LogP contribution < -0.4 is 5.32 Å². The molecule has 5 heteroatoms. The molecule has 2 atom stereocenters. The number of carbonyl (C=O) groups excluding carboxylic acids is 1. The maximum absolute atomic E-state index is 12.0. The van der Waals surface area contributed by atoms with Crippen LogP contribution in [0, 0.1) is 11.3 Å². The number of anilines is 1. The predicted octanol–water partition coefficient (Wildman–Crippen LogP) is 2.08. The smallest absolute Gasteiger partial charge is 0.253 e. The minimum absolute atomic E-state index is 0.104. The standard InChI is InChI=1S/C15H18N2O3/c1-11(20-10-14-6-3-7-19-14)15(18)17-13-5-2-4-12(8-13)9-16/h2,4-5,8,11,14H,3,6-7,10H2,1H3,(H,17,18). The molecule has 5 nitrogen and oxygen atoms in total. The van der Waals surface area contributed by atoms with Gasteiger partial charge in [0, 0.05) is 12.3 Å². The first-order chi connectivity index (χ1) is 9.69. The number of rotatable bonds is 5. The van der Waals surface area contributed by atoms with Gasteiger partial charge in [-0.05, 0) is 38.0 Å². The normalized spacial score (nSPS) is 19.3. The van der Waals surface area contributed by atoms with E-state index in [1.54, 1.807) is 31.2 Å². The fraction of sp³-hybridized carbons (Fsp3) is 0.467. The molecule has 1 fully saturated rings. The van der Waals surface area contributed by atoms with Crippen LogP contribution >= 0.6 is 0 Å². The summed E-state index contributed by atoms with van der Waals surface area (Å²) in [5, 5.41) is 11.5. The fourth-order valence-corrected chi connectivity index (χ4v) is 2.01. The van der Waals surface area contributed by atoms with Crippen LogP contribution in [0.5, 0.6) is 0 Å². The third kappa shape index (κ3) is 4.05. The molecule has 0 aromatic heterocycles. The van der Waals surface area contributed by atoms with E-state index in [1.165, 1.54) is 0 Å². The molecule has 1 amide bonds. The van der Waals surface area contributed by atoms with Gasteiger partial charge in [-0.25, -0.2) is 0 Å². The van der Waals surface area contributed by atoms with Crippen LogP contribution in [0.15, 0.2) is 24.3 Å². The van der Waals surface area contributed by atoms with Crippen molar-refractivity contribution in [3.05, 3.63) is 29.8 Å². The summed E-state index contributed by atoms with van der Waals surface area (Å²) in [5.41, 5.74) is 1.11. The largest absolute Gasteiger partial charge is 0.376 e. The summed E-state index contributed by atoms with van der Waals surface area (Å²) < 4.78 is 11.0. The second-order valence-corrected chi connectivity index (χ2v) is 4.79. The van der Waals surface area contributed by atoms with E-state index in [9.17, 15) is 4.79 Å². The molecular weight excluding hydrogens is 256 g/mol. The Morgan fingerprint density at radius 2 is 2.50 bits per heavy atom. The predicted molar refractivity (Wildman–Crippen MR) is 74.2 cm³/mol. The monoisotopic (exact) mass is 274 g/mol. The van der Waals surface area contributed by atoms with Gasteiger partial charge in [-0.2, -0.15) is 5.26 Å². The number of nitrogens with zero attached hydrogens (tertiary/aromatic N) is 1. The van der Waals surface area contributed by atoms with Crippen LogP contribution in [0.3, 0.4) is 0 Å². The zero-order valence-electron chi connectivity index (χ0n) is 11.5. The van der Waals surface area contributed by atoms with Gasteiger partial charge < -0.3 is 14.8 Å². The highest BCUT2D eigenvalue weighted by Gasteiger charge is 2.19. The van der Waals surface area contributed by atoms with Crippen LogP contribution in [0.25, 0.3) is 0 Å². The second-order valence-electron chi connectivity index (χ2n) is 4.79. The molecule has 1 N–H and O–H groups in total. The lowest BCUT2D eigenvalue weighted by Gasteiger charge is -2.16. The molecule has 2 rings (SSSR count). The third-order valence-corrected chi connectivity index (χ3v) is 3.18. The Kier molecular flexibility index (Phi) is 5.10. The molecule has 2 unspecified atom stereocenters. The molecule has 0 spiro atoms. The Balaban J connectivity index is 1.82. The molecule has 1 saturated heterocycles. The lowest BCUT2D eigenvalue weighted by Crippen LogP contribution is -2.30. The van der Waals surface area contributed by atoms with E-state index in [4.69, 9.17) is 14.7 Å². The molecular formula is C15H18N2O3. The Hall–Kier alpha value is -1.90. The summed E-state index contributed by atoms with van der Waals surface area (Å²) in [6.07, 6.45) is 1.59. The highest BCUT2D eigenvalue weighted by Crippen LogP contribution is 2.14. The van der Waals surface area contributed by atoms with Gasteiger partial charge in [0.25, 0.3) is 5.91 Å². The summed E-state index contributed by atoms with van der Waals surface area (Å²) in [5.74, 6) is -0.224. The molecule has 1 aromatic rings. The first-order valence-electron chi connectivity index (χ1n) is 6.73. The third-order valence-electron chi connectivity index (χ3n) is 3.18. The first kappa shape index (κ1) is 14.5. The second kappa shape index (κ2) is 7.04. The zero-order chi connectivity index (χ0) is 14.4. The number of amides is 1. The highest BCUT2D eigenvalue weighted by molar-refractivity contribution is 5.94. The number of nitriles is 1. The van der Waals surface area contributed by atoms with Crippen LogP contribution in [0.4, 0.5) is 5.69 Å². The van der Waals surface area contributed by atoms with E-state index < -0.39 is 6.10 Å². The van der Waals surface area contributed by atoms with E-state index in [2.05, 4.69) is 5.32 Å². The molecule has 1 heterocycles. The number of hydrogen-bond acceptors (Lipinski definition) is 4. The zero-order valence-corrected chi connectivity index (χ0v) is 11.5. The van der Waals surface area contributed by atoms with Crippen molar-refractivity contribution in [2.75, 3.05) is 18.5 Å². The molecule has 1 aliphatic heterocycles. The molecule has 1 aromatic carbocycles. The van der Waals surface area contributed by atoms with Crippen molar-refractivity contribution in [3.63, 3.8) is 0 Å². The van der Waals surface area contributed by atoms with E-state index >= 15 is 0 Å². The van der Waals surface area contributed by atoms with Gasteiger partial charge in [0.15, 0.2) is 0 Å². The van der Waals surface area contributed by atoms with Gasteiger partial charge in [0.1, 0.15) is 6.10 Å². The van der Waals surface area contributed by atoms with Crippen molar-refractivity contribution in [1.29, 1.82) is 5.26 Å². The summed E-state index contributed by atoms with van der Waals surface area (Å²) in [6, 6.07) is 8.82. The topological polar surface area (TPSA) is 71.3 Å². The van der Waals surface area contributed by atoms with E-state index in [0.29, 0.717) is 17.9 Å². The number of ether oxygens (including phenoxy) is 2. The minimum atomic E-state index is -0.551. The van der Waals surface area contributed by atoms with Crippen LogP contribution in [0.2, 0.25) is 0 Å². The Morgan fingerprint density at radius 1 is 1.65 bits per heavy atom. The van der Waals surface area contributed by atoms with Gasteiger partial charge in [0.05, 0.1) is 24.3 Å². The molecule has 106 valence electrons. The molecule has 1 aliphatic rings. The average molecular weight is 274 g/mol. The fourth-order valence-electron chi connectivity index (χ4n) is 2.01.